The summed E-state index contributed by atoms with van der Waals surface area (Å²) < 4.78 is 0. The van der Waals surface area contributed by atoms with Gasteiger partial charge in [-0.1, -0.05) is 37.3 Å². The summed E-state index contributed by atoms with van der Waals surface area (Å²) in [7, 11) is 0. The van der Waals surface area contributed by atoms with Crippen molar-refractivity contribution in [1.82, 2.24) is 10.4 Å². The molecule has 0 amide bonds. The van der Waals surface area contributed by atoms with E-state index in [2.05, 4.69) is 47.7 Å². The number of pyridine rings is 1. The fourth-order valence-electron chi connectivity index (χ4n) is 2.07. The van der Waals surface area contributed by atoms with Crippen molar-refractivity contribution in [3.63, 3.8) is 0 Å². The van der Waals surface area contributed by atoms with Gasteiger partial charge in [0, 0.05) is 12.4 Å². The van der Waals surface area contributed by atoms with Gasteiger partial charge in [0.15, 0.2) is 0 Å². The van der Waals surface area contributed by atoms with Crippen LogP contribution >= 0.6 is 0 Å². The predicted molar refractivity (Wildman–Crippen MR) is 74.0 cm³/mol. The lowest BCUT2D eigenvalue weighted by Crippen LogP contribution is -2.29. The van der Waals surface area contributed by atoms with Crippen LogP contribution in [0, 0.1) is 6.92 Å². The fraction of sp³-hybridized carbons (Fsp3) is 0.267. The second-order valence-electron chi connectivity index (χ2n) is 4.49. The maximum atomic E-state index is 5.68. The first-order valence-electron chi connectivity index (χ1n) is 6.21. The highest BCUT2D eigenvalue weighted by molar-refractivity contribution is 5.33. The standard InChI is InChI=1S/C15H19N3/c1-3-12-4-6-13(7-5-12)15(18-16)14-8-11(2)9-17-10-14/h4-10,15,18H,3,16H2,1-2H3. The molecule has 0 saturated carbocycles. The molecular weight excluding hydrogens is 222 g/mol. The molecule has 2 rings (SSSR count). The molecule has 1 aromatic carbocycles. The van der Waals surface area contributed by atoms with Crippen molar-refractivity contribution < 1.29 is 0 Å². The van der Waals surface area contributed by atoms with Crippen molar-refractivity contribution in [2.75, 3.05) is 0 Å². The normalized spacial score (nSPS) is 12.4. The van der Waals surface area contributed by atoms with E-state index in [4.69, 9.17) is 5.84 Å². The average molecular weight is 241 g/mol. The number of benzene rings is 1. The van der Waals surface area contributed by atoms with Gasteiger partial charge in [0.25, 0.3) is 0 Å². The summed E-state index contributed by atoms with van der Waals surface area (Å²) in [5.41, 5.74) is 7.57. The number of hydrogen-bond donors (Lipinski definition) is 2. The molecule has 3 N–H and O–H groups in total. The van der Waals surface area contributed by atoms with Gasteiger partial charge in [-0.25, -0.2) is 5.43 Å². The van der Waals surface area contributed by atoms with E-state index in [0.29, 0.717) is 0 Å². The van der Waals surface area contributed by atoms with Gasteiger partial charge in [0.2, 0.25) is 0 Å². The zero-order chi connectivity index (χ0) is 13.0. The predicted octanol–water partition coefficient (Wildman–Crippen LogP) is 2.51. The molecule has 1 unspecified atom stereocenters. The van der Waals surface area contributed by atoms with Crippen LogP contribution in [0.25, 0.3) is 0 Å². The maximum absolute atomic E-state index is 5.68. The van der Waals surface area contributed by atoms with E-state index in [-0.39, 0.29) is 6.04 Å². The molecule has 0 bridgehead atoms. The third kappa shape index (κ3) is 2.75. The Bertz CT molecular complexity index is 505. The fourth-order valence-corrected chi connectivity index (χ4v) is 2.07. The number of aryl methyl sites for hydroxylation is 2. The van der Waals surface area contributed by atoms with Crippen LogP contribution in [0.2, 0.25) is 0 Å². The molecule has 0 fully saturated rings. The lowest BCUT2D eigenvalue weighted by molar-refractivity contribution is 0.634. The molecule has 94 valence electrons. The molecule has 0 saturated heterocycles. The highest BCUT2D eigenvalue weighted by Gasteiger charge is 2.12. The SMILES string of the molecule is CCc1ccc(C(NN)c2cncc(C)c2)cc1. The van der Waals surface area contributed by atoms with Gasteiger partial charge in [0.05, 0.1) is 6.04 Å². The Labute approximate surface area is 108 Å². The third-order valence-corrected chi connectivity index (χ3v) is 3.12. The van der Waals surface area contributed by atoms with E-state index in [0.717, 1.165) is 23.1 Å². The Morgan fingerprint density at radius 2 is 1.89 bits per heavy atom. The molecule has 2 aromatic rings. The number of rotatable bonds is 4. The number of nitrogens with two attached hydrogens (primary N) is 1. The largest absolute Gasteiger partial charge is 0.271 e. The summed E-state index contributed by atoms with van der Waals surface area (Å²) in [5, 5.41) is 0. The number of hydrazine groups is 1. The first-order chi connectivity index (χ1) is 8.74. The summed E-state index contributed by atoms with van der Waals surface area (Å²) in [6.45, 7) is 4.18. The van der Waals surface area contributed by atoms with Crippen molar-refractivity contribution >= 4 is 0 Å². The monoisotopic (exact) mass is 241 g/mol. The Kier molecular flexibility index (Phi) is 4.07. The van der Waals surface area contributed by atoms with Gasteiger partial charge >= 0.3 is 0 Å². The molecule has 0 spiro atoms. The van der Waals surface area contributed by atoms with Crippen LogP contribution in [-0.2, 0) is 6.42 Å². The third-order valence-electron chi connectivity index (χ3n) is 3.12. The first kappa shape index (κ1) is 12.7. The molecule has 0 aliphatic carbocycles. The van der Waals surface area contributed by atoms with Gasteiger partial charge < -0.3 is 0 Å². The smallest absolute Gasteiger partial charge is 0.0725 e. The second kappa shape index (κ2) is 5.76. The zero-order valence-corrected chi connectivity index (χ0v) is 10.9. The minimum Gasteiger partial charge on any atom is -0.271 e. The van der Waals surface area contributed by atoms with E-state index in [1.807, 2.05) is 19.3 Å². The quantitative estimate of drug-likeness (QED) is 0.639. The molecule has 0 aliphatic rings. The van der Waals surface area contributed by atoms with Crippen molar-refractivity contribution in [1.29, 1.82) is 0 Å². The first-order valence-corrected chi connectivity index (χ1v) is 6.21. The molecule has 0 aliphatic heterocycles. The number of hydrogen-bond acceptors (Lipinski definition) is 3. The van der Waals surface area contributed by atoms with Crippen molar-refractivity contribution in [3.05, 3.63) is 65.0 Å². The highest BCUT2D eigenvalue weighted by Crippen LogP contribution is 2.21. The minimum absolute atomic E-state index is 0.0108. The maximum Gasteiger partial charge on any atom is 0.0725 e. The van der Waals surface area contributed by atoms with Crippen molar-refractivity contribution in [3.8, 4) is 0 Å². The van der Waals surface area contributed by atoms with Crippen LogP contribution in [0.4, 0.5) is 0 Å². The zero-order valence-electron chi connectivity index (χ0n) is 10.9. The summed E-state index contributed by atoms with van der Waals surface area (Å²) in [6.07, 6.45) is 4.75. The number of aromatic nitrogens is 1. The Morgan fingerprint density at radius 1 is 1.17 bits per heavy atom. The molecule has 1 heterocycles. The van der Waals surface area contributed by atoms with Crippen LogP contribution < -0.4 is 11.3 Å². The van der Waals surface area contributed by atoms with Crippen molar-refractivity contribution in [2.45, 2.75) is 26.3 Å². The van der Waals surface area contributed by atoms with E-state index in [9.17, 15) is 0 Å². The molecule has 1 aromatic heterocycles. The van der Waals surface area contributed by atoms with Gasteiger partial charge in [-0.05, 0) is 35.6 Å². The molecule has 0 radical (unpaired) electrons. The molecule has 18 heavy (non-hydrogen) atoms. The Morgan fingerprint density at radius 3 is 2.44 bits per heavy atom. The average Bonchev–Trinajstić information content (AvgIpc) is 2.40. The molecule has 3 nitrogen and oxygen atoms in total. The van der Waals surface area contributed by atoms with E-state index in [1.165, 1.54) is 5.56 Å². The van der Waals surface area contributed by atoms with Gasteiger partial charge in [-0.3, -0.25) is 10.8 Å². The van der Waals surface area contributed by atoms with Crippen LogP contribution in [-0.4, -0.2) is 4.98 Å². The Balaban J connectivity index is 2.32. The summed E-state index contributed by atoms with van der Waals surface area (Å²) >= 11 is 0. The molecular formula is C15H19N3. The molecule has 1 atom stereocenters. The van der Waals surface area contributed by atoms with E-state index < -0.39 is 0 Å². The van der Waals surface area contributed by atoms with Crippen LogP contribution in [0.3, 0.4) is 0 Å². The summed E-state index contributed by atoms with van der Waals surface area (Å²) in [4.78, 5) is 4.22. The number of nitrogens with zero attached hydrogens (tertiary/aromatic N) is 1. The van der Waals surface area contributed by atoms with Gasteiger partial charge in [0.1, 0.15) is 0 Å². The van der Waals surface area contributed by atoms with E-state index >= 15 is 0 Å². The van der Waals surface area contributed by atoms with Crippen LogP contribution in [0.5, 0.6) is 0 Å². The summed E-state index contributed by atoms with van der Waals surface area (Å²) in [5.74, 6) is 5.68. The van der Waals surface area contributed by atoms with Crippen LogP contribution in [0.1, 0.15) is 35.2 Å². The number of nitrogens with one attached hydrogen (secondary N) is 1. The van der Waals surface area contributed by atoms with Crippen molar-refractivity contribution in [2.24, 2.45) is 5.84 Å². The topological polar surface area (TPSA) is 50.9 Å². The highest BCUT2D eigenvalue weighted by atomic mass is 15.2. The van der Waals surface area contributed by atoms with Gasteiger partial charge in [-0.2, -0.15) is 0 Å². The van der Waals surface area contributed by atoms with Gasteiger partial charge in [-0.15, -0.1) is 0 Å². The molecule has 3 heteroatoms. The lowest BCUT2D eigenvalue weighted by atomic mass is 9.98. The Hall–Kier alpha value is -1.71. The minimum atomic E-state index is -0.0108. The second-order valence-corrected chi connectivity index (χ2v) is 4.49. The van der Waals surface area contributed by atoms with Crippen LogP contribution in [0.15, 0.2) is 42.7 Å². The lowest BCUT2D eigenvalue weighted by Gasteiger charge is -2.17. The summed E-state index contributed by atoms with van der Waals surface area (Å²) in [6, 6.07) is 10.6. The van der Waals surface area contributed by atoms with E-state index in [1.54, 1.807) is 0 Å².